The number of nitro groups is 1. The Kier molecular flexibility index (Phi) is 2.11. The fraction of sp³-hybridized carbons (Fsp3) is 0.300. The largest absolute Gasteiger partial charge is 0.377 e. The average molecular weight is 191 g/mol. The van der Waals surface area contributed by atoms with Crippen molar-refractivity contribution >= 4 is 11.4 Å². The average Bonchev–Trinajstić information content (AvgIpc) is 2.91. The second-order valence-electron chi connectivity index (χ2n) is 3.49. The maximum Gasteiger partial charge on any atom is 0.292 e. The molecule has 2 rings (SSSR count). The summed E-state index contributed by atoms with van der Waals surface area (Å²) < 4.78 is 0. The fourth-order valence-electron chi connectivity index (χ4n) is 1.34. The van der Waals surface area contributed by atoms with Gasteiger partial charge in [-0.25, -0.2) is 0 Å². The van der Waals surface area contributed by atoms with Crippen molar-refractivity contribution in [1.82, 2.24) is 0 Å². The zero-order chi connectivity index (χ0) is 10.1. The maximum atomic E-state index is 10.7. The Balaban J connectivity index is 2.36. The molecule has 0 amide bonds. The number of nitrogens with one attached hydrogen (secondary N) is 1. The maximum absolute atomic E-state index is 10.7. The van der Waals surface area contributed by atoms with Crippen molar-refractivity contribution < 1.29 is 4.92 Å². The molecule has 0 heterocycles. The molecule has 0 aromatic heterocycles. The lowest BCUT2D eigenvalue weighted by atomic mass is 10.1. The highest BCUT2D eigenvalue weighted by molar-refractivity contribution is 5.68. The molecule has 1 saturated carbocycles. The summed E-state index contributed by atoms with van der Waals surface area (Å²) in [4.78, 5) is 10.3. The zero-order valence-corrected chi connectivity index (χ0v) is 7.69. The van der Waals surface area contributed by atoms with Crippen LogP contribution in [0.5, 0.6) is 0 Å². The van der Waals surface area contributed by atoms with E-state index >= 15 is 0 Å². The summed E-state index contributed by atoms with van der Waals surface area (Å²) >= 11 is 0. The van der Waals surface area contributed by atoms with Gasteiger partial charge in [-0.15, -0.1) is 0 Å². The van der Waals surface area contributed by atoms with E-state index in [2.05, 4.69) is 12.2 Å². The molecule has 0 spiro atoms. The predicted molar refractivity (Wildman–Crippen MR) is 54.2 cm³/mol. The smallest absolute Gasteiger partial charge is 0.292 e. The minimum Gasteiger partial charge on any atom is -0.377 e. The van der Waals surface area contributed by atoms with Crippen molar-refractivity contribution in [3.8, 4) is 0 Å². The van der Waals surface area contributed by atoms with E-state index in [9.17, 15) is 10.1 Å². The fourth-order valence-corrected chi connectivity index (χ4v) is 1.34. The number of hydrogen-bond donors (Lipinski definition) is 1. The van der Waals surface area contributed by atoms with Crippen LogP contribution in [-0.2, 0) is 0 Å². The second kappa shape index (κ2) is 3.29. The summed E-state index contributed by atoms with van der Waals surface area (Å²) in [6.45, 7) is 3.78. The van der Waals surface area contributed by atoms with Gasteiger partial charge >= 0.3 is 0 Å². The summed E-state index contributed by atoms with van der Waals surface area (Å²) in [6, 6.07) is 5.33. The van der Waals surface area contributed by atoms with E-state index < -0.39 is 0 Å². The minimum absolute atomic E-state index is 0.115. The van der Waals surface area contributed by atoms with Crippen molar-refractivity contribution in [3.63, 3.8) is 0 Å². The molecular formula is C10H11N2O2. The van der Waals surface area contributed by atoms with Gasteiger partial charge in [0.1, 0.15) is 5.69 Å². The summed E-state index contributed by atoms with van der Waals surface area (Å²) in [5, 5.41) is 13.8. The summed E-state index contributed by atoms with van der Waals surface area (Å²) in [7, 11) is 0. The molecule has 1 aliphatic rings. The first-order valence-corrected chi connectivity index (χ1v) is 4.54. The highest BCUT2D eigenvalue weighted by atomic mass is 16.6. The van der Waals surface area contributed by atoms with Gasteiger partial charge < -0.3 is 5.32 Å². The molecular weight excluding hydrogens is 180 g/mol. The molecule has 73 valence electrons. The Hall–Kier alpha value is -1.58. The van der Waals surface area contributed by atoms with Gasteiger partial charge in [-0.3, -0.25) is 10.1 Å². The van der Waals surface area contributed by atoms with Gasteiger partial charge in [-0.2, -0.15) is 0 Å². The highest BCUT2D eigenvalue weighted by Gasteiger charge is 2.25. The van der Waals surface area contributed by atoms with Crippen LogP contribution < -0.4 is 5.32 Å². The first kappa shape index (κ1) is 8.99. The molecule has 1 aliphatic carbocycles. The van der Waals surface area contributed by atoms with E-state index in [-0.39, 0.29) is 10.6 Å². The van der Waals surface area contributed by atoms with Crippen LogP contribution in [0.3, 0.4) is 0 Å². The predicted octanol–water partition coefficient (Wildman–Crippen LogP) is 2.35. The summed E-state index contributed by atoms with van der Waals surface area (Å²) in [5.74, 6) is 0. The van der Waals surface area contributed by atoms with E-state index in [0.29, 0.717) is 17.3 Å². The molecule has 0 unspecified atom stereocenters. The quantitative estimate of drug-likeness (QED) is 0.589. The highest BCUT2D eigenvalue weighted by Crippen LogP contribution is 2.32. The van der Waals surface area contributed by atoms with Crippen LogP contribution in [0.25, 0.3) is 0 Å². The Labute approximate surface area is 82.1 Å². The SMILES string of the molecule is [CH2]c1cccc([N+](=O)[O-])c1NC1CC1. The number of para-hydroxylation sites is 1. The third-order valence-electron chi connectivity index (χ3n) is 2.25. The van der Waals surface area contributed by atoms with Crippen LogP contribution in [0, 0.1) is 17.0 Å². The Morgan fingerprint density at radius 3 is 2.79 bits per heavy atom. The molecule has 1 aromatic rings. The van der Waals surface area contributed by atoms with E-state index in [1.54, 1.807) is 12.1 Å². The van der Waals surface area contributed by atoms with Crippen LogP contribution in [0.2, 0.25) is 0 Å². The van der Waals surface area contributed by atoms with Crippen LogP contribution in [0.1, 0.15) is 18.4 Å². The lowest BCUT2D eigenvalue weighted by Gasteiger charge is -2.07. The number of nitro benzene ring substituents is 1. The molecule has 1 aromatic carbocycles. The van der Waals surface area contributed by atoms with E-state index in [4.69, 9.17) is 0 Å². The van der Waals surface area contributed by atoms with Gasteiger partial charge in [0, 0.05) is 12.1 Å². The number of nitrogens with zero attached hydrogens (tertiary/aromatic N) is 1. The summed E-state index contributed by atoms with van der Waals surface area (Å²) in [6.07, 6.45) is 2.18. The zero-order valence-electron chi connectivity index (χ0n) is 7.69. The lowest BCUT2D eigenvalue weighted by Crippen LogP contribution is -2.05. The van der Waals surface area contributed by atoms with E-state index in [1.807, 2.05) is 0 Å². The third-order valence-corrected chi connectivity index (χ3v) is 2.25. The molecule has 14 heavy (non-hydrogen) atoms. The monoisotopic (exact) mass is 191 g/mol. The first-order chi connectivity index (χ1) is 6.68. The van der Waals surface area contributed by atoms with Crippen molar-refractivity contribution in [2.75, 3.05) is 5.32 Å². The second-order valence-corrected chi connectivity index (χ2v) is 3.49. The van der Waals surface area contributed by atoms with Gasteiger partial charge in [-0.05, 0) is 25.3 Å². The van der Waals surface area contributed by atoms with Crippen LogP contribution >= 0.6 is 0 Å². The van der Waals surface area contributed by atoms with Gasteiger partial charge in [0.25, 0.3) is 5.69 Å². The first-order valence-electron chi connectivity index (χ1n) is 4.54. The molecule has 4 heteroatoms. The van der Waals surface area contributed by atoms with Gasteiger partial charge in [0.05, 0.1) is 4.92 Å². The van der Waals surface area contributed by atoms with Crippen molar-refractivity contribution in [3.05, 3.63) is 40.8 Å². The summed E-state index contributed by atoms with van der Waals surface area (Å²) in [5.41, 5.74) is 1.37. The van der Waals surface area contributed by atoms with Gasteiger partial charge in [0.15, 0.2) is 0 Å². The van der Waals surface area contributed by atoms with Crippen molar-refractivity contribution in [1.29, 1.82) is 0 Å². The van der Waals surface area contributed by atoms with Gasteiger partial charge in [-0.1, -0.05) is 12.1 Å². The standard InChI is InChI=1S/C10H11N2O2/c1-7-3-2-4-9(12(13)14)10(7)11-8-5-6-8/h2-4,8,11H,1,5-6H2. The molecule has 4 nitrogen and oxygen atoms in total. The van der Waals surface area contributed by atoms with Crippen molar-refractivity contribution in [2.24, 2.45) is 0 Å². The molecule has 1 N–H and O–H groups in total. The Morgan fingerprint density at radius 2 is 2.21 bits per heavy atom. The number of rotatable bonds is 3. The Morgan fingerprint density at radius 1 is 1.50 bits per heavy atom. The number of hydrogen-bond acceptors (Lipinski definition) is 3. The van der Waals surface area contributed by atoms with Gasteiger partial charge in [0.2, 0.25) is 0 Å². The van der Waals surface area contributed by atoms with E-state index in [0.717, 1.165) is 12.8 Å². The van der Waals surface area contributed by atoms with E-state index in [1.165, 1.54) is 6.07 Å². The third kappa shape index (κ3) is 1.69. The Bertz CT molecular complexity index is 372. The minimum atomic E-state index is -0.376. The molecule has 0 atom stereocenters. The lowest BCUT2D eigenvalue weighted by molar-refractivity contribution is -0.384. The van der Waals surface area contributed by atoms with Crippen LogP contribution in [-0.4, -0.2) is 11.0 Å². The normalized spacial score (nSPS) is 15.2. The van der Waals surface area contributed by atoms with Crippen LogP contribution in [0.15, 0.2) is 18.2 Å². The molecule has 0 saturated heterocycles. The van der Waals surface area contributed by atoms with Crippen molar-refractivity contribution in [2.45, 2.75) is 18.9 Å². The molecule has 0 bridgehead atoms. The topological polar surface area (TPSA) is 55.2 Å². The molecule has 0 aliphatic heterocycles. The molecule has 1 radical (unpaired) electrons. The molecule has 1 fully saturated rings. The van der Waals surface area contributed by atoms with Crippen LogP contribution in [0.4, 0.5) is 11.4 Å². The number of anilines is 1. The number of benzene rings is 1.